The lowest BCUT2D eigenvalue weighted by Gasteiger charge is -2.15. The zero-order valence-electron chi connectivity index (χ0n) is 14.4. The number of aromatic nitrogens is 1. The second-order valence-electron chi connectivity index (χ2n) is 5.87. The molecule has 1 heterocycles. The Morgan fingerprint density at radius 3 is 2.65 bits per heavy atom. The number of anilines is 2. The number of pyridine rings is 1. The summed E-state index contributed by atoms with van der Waals surface area (Å²) in [7, 11) is 0. The lowest BCUT2D eigenvalue weighted by atomic mass is 10.1. The zero-order valence-corrected chi connectivity index (χ0v) is 15.2. The van der Waals surface area contributed by atoms with E-state index in [4.69, 9.17) is 16.3 Å². The van der Waals surface area contributed by atoms with Crippen LogP contribution in [-0.4, -0.2) is 11.0 Å². The molecule has 0 spiro atoms. The highest BCUT2D eigenvalue weighted by atomic mass is 35.5. The van der Waals surface area contributed by atoms with Gasteiger partial charge < -0.3 is 10.1 Å². The molecule has 26 heavy (non-hydrogen) atoms. The first-order valence-electron chi connectivity index (χ1n) is 8.29. The summed E-state index contributed by atoms with van der Waals surface area (Å²) in [6.45, 7) is 2.15. The summed E-state index contributed by atoms with van der Waals surface area (Å²) in [4.78, 5) is 16.4. The Morgan fingerprint density at radius 2 is 1.88 bits per heavy atom. The number of aryl methyl sites for hydroxylation is 1. The molecular formula is C21H19ClN2O2. The van der Waals surface area contributed by atoms with Crippen LogP contribution in [-0.2, 0) is 22.6 Å². The lowest BCUT2D eigenvalue weighted by molar-refractivity contribution is -0.144. The van der Waals surface area contributed by atoms with Gasteiger partial charge in [0.25, 0.3) is 0 Å². The van der Waals surface area contributed by atoms with Gasteiger partial charge in [-0.3, -0.25) is 9.78 Å². The fourth-order valence-electron chi connectivity index (χ4n) is 2.57. The number of carbonyl (C=O) groups is 1. The normalized spacial score (nSPS) is 10.4. The van der Waals surface area contributed by atoms with Crippen LogP contribution >= 0.6 is 11.6 Å². The van der Waals surface area contributed by atoms with Gasteiger partial charge in [-0.15, -0.1) is 0 Å². The molecule has 0 unspecified atom stereocenters. The highest BCUT2D eigenvalue weighted by Crippen LogP contribution is 2.30. The molecule has 0 saturated carbocycles. The molecule has 0 saturated heterocycles. The SMILES string of the molecule is Cc1cccc(Cl)c1Nc1ccccc1CC(=O)OCc1ccccn1. The number of rotatable bonds is 6. The largest absolute Gasteiger partial charge is 0.459 e. The lowest BCUT2D eigenvalue weighted by Crippen LogP contribution is -2.10. The number of carbonyl (C=O) groups excluding carboxylic acids is 1. The van der Waals surface area contributed by atoms with Crippen LogP contribution in [0.2, 0.25) is 5.02 Å². The topological polar surface area (TPSA) is 51.2 Å². The van der Waals surface area contributed by atoms with E-state index in [1.807, 2.05) is 67.6 Å². The van der Waals surface area contributed by atoms with Gasteiger partial charge in [-0.2, -0.15) is 0 Å². The molecule has 0 aliphatic rings. The van der Waals surface area contributed by atoms with Crippen molar-refractivity contribution in [3.8, 4) is 0 Å². The summed E-state index contributed by atoms with van der Waals surface area (Å²) in [5.74, 6) is -0.305. The van der Waals surface area contributed by atoms with Gasteiger partial charge in [-0.1, -0.05) is 48.0 Å². The Hall–Kier alpha value is -2.85. The number of ether oxygens (including phenoxy) is 1. The van der Waals surface area contributed by atoms with Gasteiger partial charge in [-0.25, -0.2) is 0 Å². The highest BCUT2D eigenvalue weighted by Gasteiger charge is 2.11. The summed E-state index contributed by atoms with van der Waals surface area (Å²) in [5, 5.41) is 3.97. The molecule has 4 nitrogen and oxygen atoms in total. The average Bonchev–Trinajstić information content (AvgIpc) is 2.65. The minimum Gasteiger partial charge on any atom is -0.459 e. The molecule has 0 amide bonds. The number of benzene rings is 2. The third-order valence-corrected chi connectivity index (χ3v) is 4.26. The van der Waals surface area contributed by atoms with Gasteiger partial charge in [0, 0.05) is 11.9 Å². The van der Waals surface area contributed by atoms with Crippen LogP contribution in [0.3, 0.4) is 0 Å². The van der Waals surface area contributed by atoms with Crippen LogP contribution in [0.1, 0.15) is 16.8 Å². The summed E-state index contributed by atoms with van der Waals surface area (Å²) >= 11 is 6.29. The predicted octanol–water partition coefficient (Wildman–Crippen LogP) is 5.07. The van der Waals surface area contributed by atoms with Crippen molar-refractivity contribution in [2.75, 3.05) is 5.32 Å². The molecule has 0 aliphatic heterocycles. The Balaban J connectivity index is 1.70. The summed E-state index contributed by atoms with van der Waals surface area (Å²) in [6.07, 6.45) is 1.84. The van der Waals surface area contributed by atoms with Gasteiger partial charge in [0.05, 0.1) is 22.8 Å². The monoisotopic (exact) mass is 366 g/mol. The number of para-hydroxylation sites is 2. The summed E-state index contributed by atoms with van der Waals surface area (Å²) < 4.78 is 5.33. The van der Waals surface area contributed by atoms with Crippen LogP contribution in [0.5, 0.6) is 0 Å². The Bertz CT molecular complexity index is 877. The quantitative estimate of drug-likeness (QED) is 0.618. The van der Waals surface area contributed by atoms with Crippen molar-refractivity contribution < 1.29 is 9.53 Å². The smallest absolute Gasteiger partial charge is 0.310 e. The van der Waals surface area contributed by atoms with Crippen LogP contribution < -0.4 is 5.32 Å². The van der Waals surface area contributed by atoms with Crippen molar-refractivity contribution in [3.63, 3.8) is 0 Å². The summed E-state index contributed by atoms with van der Waals surface area (Å²) in [5.41, 5.74) is 4.27. The maximum atomic E-state index is 12.2. The Kier molecular flexibility index (Phi) is 5.87. The first-order valence-corrected chi connectivity index (χ1v) is 8.67. The molecule has 5 heteroatoms. The average molecular weight is 367 g/mol. The van der Waals surface area contributed by atoms with Crippen molar-refractivity contribution in [1.29, 1.82) is 0 Å². The standard InChI is InChI=1S/C21H19ClN2O2/c1-15-7-6-10-18(22)21(15)24-19-11-3-2-8-16(19)13-20(25)26-14-17-9-4-5-12-23-17/h2-12,24H,13-14H2,1H3. The first-order chi connectivity index (χ1) is 12.6. The van der Waals surface area contributed by atoms with Crippen LogP contribution in [0.25, 0.3) is 0 Å². The van der Waals surface area contributed by atoms with E-state index < -0.39 is 0 Å². The van der Waals surface area contributed by atoms with E-state index in [0.29, 0.717) is 5.02 Å². The van der Waals surface area contributed by atoms with Crippen molar-refractivity contribution in [1.82, 2.24) is 4.98 Å². The molecule has 0 aliphatic carbocycles. The number of hydrogen-bond acceptors (Lipinski definition) is 4. The summed E-state index contributed by atoms with van der Waals surface area (Å²) in [6, 6.07) is 18.9. The first kappa shape index (κ1) is 18.0. The van der Waals surface area contributed by atoms with Crippen molar-refractivity contribution in [2.45, 2.75) is 20.0 Å². The number of esters is 1. The molecular weight excluding hydrogens is 348 g/mol. The van der Waals surface area contributed by atoms with Gasteiger partial charge in [0.15, 0.2) is 0 Å². The van der Waals surface area contributed by atoms with Crippen LogP contribution in [0.15, 0.2) is 66.9 Å². The minimum atomic E-state index is -0.305. The molecule has 1 N–H and O–H groups in total. The molecule has 0 radical (unpaired) electrons. The van der Waals surface area contributed by atoms with Gasteiger partial charge in [-0.05, 0) is 42.3 Å². The van der Waals surface area contributed by atoms with E-state index in [1.54, 1.807) is 6.20 Å². The minimum absolute atomic E-state index is 0.166. The third kappa shape index (κ3) is 4.61. The molecule has 0 atom stereocenters. The number of nitrogens with zero attached hydrogens (tertiary/aromatic N) is 1. The van der Waals surface area contributed by atoms with Gasteiger partial charge in [0.2, 0.25) is 0 Å². The van der Waals surface area contributed by atoms with Crippen molar-refractivity contribution in [2.24, 2.45) is 0 Å². The number of hydrogen-bond donors (Lipinski definition) is 1. The van der Waals surface area contributed by atoms with Crippen molar-refractivity contribution >= 4 is 28.9 Å². The van der Waals surface area contributed by atoms with Crippen molar-refractivity contribution in [3.05, 3.63) is 88.7 Å². The Labute approximate surface area is 157 Å². The molecule has 3 aromatic rings. The molecule has 2 aromatic carbocycles. The maximum absolute atomic E-state index is 12.2. The van der Waals surface area contributed by atoms with E-state index in [1.165, 1.54) is 0 Å². The van der Waals surface area contributed by atoms with Gasteiger partial charge >= 0.3 is 5.97 Å². The molecule has 1 aromatic heterocycles. The Morgan fingerprint density at radius 1 is 1.08 bits per heavy atom. The van der Waals surface area contributed by atoms with Crippen LogP contribution in [0, 0.1) is 6.92 Å². The van der Waals surface area contributed by atoms with Crippen LogP contribution in [0.4, 0.5) is 11.4 Å². The molecule has 0 bridgehead atoms. The van der Waals surface area contributed by atoms with Gasteiger partial charge in [0.1, 0.15) is 6.61 Å². The third-order valence-electron chi connectivity index (χ3n) is 3.94. The second kappa shape index (κ2) is 8.50. The van der Waals surface area contributed by atoms with E-state index >= 15 is 0 Å². The van der Waals surface area contributed by atoms with E-state index in [9.17, 15) is 4.79 Å². The molecule has 0 fully saturated rings. The van der Waals surface area contributed by atoms with E-state index in [2.05, 4.69) is 10.3 Å². The zero-order chi connectivity index (χ0) is 18.4. The van der Waals surface area contributed by atoms with E-state index in [-0.39, 0.29) is 19.0 Å². The van der Waals surface area contributed by atoms with E-state index in [0.717, 1.165) is 28.2 Å². The second-order valence-corrected chi connectivity index (χ2v) is 6.28. The fourth-order valence-corrected chi connectivity index (χ4v) is 2.83. The fraction of sp³-hybridized carbons (Fsp3) is 0.143. The number of halogens is 1. The highest BCUT2D eigenvalue weighted by molar-refractivity contribution is 6.33. The number of nitrogens with one attached hydrogen (secondary N) is 1. The predicted molar refractivity (Wildman–Crippen MR) is 104 cm³/mol. The molecule has 132 valence electrons. The molecule has 3 rings (SSSR count). The maximum Gasteiger partial charge on any atom is 0.310 e.